The number of halogens is 1. The highest BCUT2D eigenvalue weighted by Gasteiger charge is 2.17. The molecule has 1 aliphatic heterocycles. The van der Waals surface area contributed by atoms with E-state index >= 15 is 0 Å². The molecule has 1 aliphatic carbocycles. The van der Waals surface area contributed by atoms with Crippen LogP contribution in [0.2, 0.25) is 0 Å². The van der Waals surface area contributed by atoms with E-state index < -0.39 is 0 Å². The number of nitrogens with zero attached hydrogens (tertiary/aromatic N) is 1. The van der Waals surface area contributed by atoms with Crippen LogP contribution in [0.3, 0.4) is 0 Å². The van der Waals surface area contributed by atoms with E-state index in [0.29, 0.717) is 6.04 Å². The number of hydrogen-bond donors (Lipinski definition) is 2. The molecule has 1 saturated heterocycles. The Bertz CT molecular complexity index is 467. The van der Waals surface area contributed by atoms with E-state index in [9.17, 15) is 0 Å². The van der Waals surface area contributed by atoms with Crippen LogP contribution in [0.5, 0.6) is 0 Å². The number of ether oxygens (including phenoxy) is 1. The van der Waals surface area contributed by atoms with Crippen LogP contribution < -0.4 is 10.6 Å². The maximum Gasteiger partial charge on any atom is 0.191 e. The van der Waals surface area contributed by atoms with Crippen molar-refractivity contribution in [3.05, 3.63) is 24.2 Å². The van der Waals surface area contributed by atoms with Crippen LogP contribution in [0.15, 0.2) is 27.8 Å². The minimum atomic E-state index is 0. The Hall–Kier alpha value is -0.760. The van der Waals surface area contributed by atoms with Crippen molar-refractivity contribution in [2.75, 3.05) is 19.7 Å². The van der Waals surface area contributed by atoms with E-state index in [0.717, 1.165) is 44.3 Å². The molecule has 0 aromatic carbocycles. The van der Waals surface area contributed by atoms with Gasteiger partial charge in [0.15, 0.2) is 5.96 Å². The molecular weight excluding hydrogens is 417 g/mol. The maximum absolute atomic E-state index is 5.78. The van der Waals surface area contributed by atoms with Gasteiger partial charge in [0, 0.05) is 25.6 Å². The lowest BCUT2D eigenvalue weighted by Gasteiger charge is -2.22. The predicted molar refractivity (Wildman–Crippen MR) is 107 cm³/mol. The van der Waals surface area contributed by atoms with E-state index in [1.807, 2.05) is 12.1 Å². The average Bonchev–Trinajstić information content (AvgIpc) is 3.27. The van der Waals surface area contributed by atoms with Crippen molar-refractivity contribution in [3.8, 4) is 0 Å². The number of aliphatic imine (C=N–C) groups is 1. The van der Waals surface area contributed by atoms with Gasteiger partial charge in [-0.05, 0) is 44.2 Å². The molecule has 1 aromatic heterocycles. The first kappa shape index (κ1) is 19.6. The lowest BCUT2D eigenvalue weighted by atomic mass is 10.1. The first-order valence-corrected chi connectivity index (χ1v) is 9.09. The highest BCUT2D eigenvalue weighted by Crippen LogP contribution is 2.17. The van der Waals surface area contributed by atoms with Crippen molar-refractivity contribution < 1.29 is 9.15 Å². The summed E-state index contributed by atoms with van der Waals surface area (Å²) >= 11 is 0. The molecule has 3 rings (SSSR count). The number of nitrogens with one attached hydrogen (secondary N) is 2. The fraction of sp³-hybridized carbons (Fsp3) is 0.722. The molecule has 2 aliphatic rings. The third kappa shape index (κ3) is 6.63. The Balaban J connectivity index is 0.00000208. The third-order valence-corrected chi connectivity index (χ3v) is 4.67. The van der Waals surface area contributed by atoms with Gasteiger partial charge in [-0.3, -0.25) is 4.99 Å². The van der Waals surface area contributed by atoms with Gasteiger partial charge < -0.3 is 19.8 Å². The van der Waals surface area contributed by atoms with Crippen molar-refractivity contribution in [2.24, 2.45) is 4.99 Å². The van der Waals surface area contributed by atoms with Crippen LogP contribution in [-0.4, -0.2) is 37.8 Å². The molecule has 24 heavy (non-hydrogen) atoms. The van der Waals surface area contributed by atoms with Crippen molar-refractivity contribution >= 4 is 29.9 Å². The number of furan rings is 1. The normalized spacial score (nSPS) is 22.2. The molecule has 6 heteroatoms. The molecule has 5 nitrogen and oxygen atoms in total. The summed E-state index contributed by atoms with van der Waals surface area (Å²) in [5.41, 5.74) is 0. The Kier molecular flexibility index (Phi) is 8.94. The SMILES string of the molecule is I.c1coc(CCNC(=NCC2CCCCO2)NC2CCCC2)c1. The second-order valence-electron chi connectivity index (χ2n) is 6.56. The first-order chi connectivity index (χ1) is 11.4. The van der Waals surface area contributed by atoms with Crippen molar-refractivity contribution in [1.29, 1.82) is 0 Å². The fourth-order valence-electron chi connectivity index (χ4n) is 3.32. The Morgan fingerprint density at radius 1 is 1.17 bits per heavy atom. The topological polar surface area (TPSA) is 58.8 Å². The van der Waals surface area contributed by atoms with E-state index in [1.54, 1.807) is 6.26 Å². The Labute approximate surface area is 162 Å². The Morgan fingerprint density at radius 3 is 2.71 bits per heavy atom. The van der Waals surface area contributed by atoms with Crippen LogP contribution in [0.4, 0.5) is 0 Å². The molecule has 0 bridgehead atoms. The minimum Gasteiger partial charge on any atom is -0.469 e. The summed E-state index contributed by atoms with van der Waals surface area (Å²) in [5, 5.41) is 7.04. The summed E-state index contributed by atoms with van der Waals surface area (Å²) in [6.45, 7) is 2.47. The van der Waals surface area contributed by atoms with Gasteiger partial charge in [-0.25, -0.2) is 0 Å². The summed E-state index contributed by atoms with van der Waals surface area (Å²) in [6, 6.07) is 4.51. The third-order valence-electron chi connectivity index (χ3n) is 4.67. The monoisotopic (exact) mass is 447 g/mol. The van der Waals surface area contributed by atoms with Crippen LogP contribution >= 0.6 is 24.0 Å². The molecule has 136 valence electrons. The van der Waals surface area contributed by atoms with Gasteiger partial charge in [0.2, 0.25) is 0 Å². The van der Waals surface area contributed by atoms with Gasteiger partial charge in [0.05, 0.1) is 18.9 Å². The van der Waals surface area contributed by atoms with Gasteiger partial charge in [-0.15, -0.1) is 24.0 Å². The van der Waals surface area contributed by atoms with E-state index in [4.69, 9.17) is 14.1 Å². The lowest BCUT2D eigenvalue weighted by molar-refractivity contribution is 0.0224. The molecular formula is C18H30IN3O2. The summed E-state index contributed by atoms with van der Waals surface area (Å²) in [7, 11) is 0. The Morgan fingerprint density at radius 2 is 2.00 bits per heavy atom. The molecule has 2 N–H and O–H groups in total. The van der Waals surface area contributed by atoms with E-state index in [2.05, 4.69) is 10.6 Å². The van der Waals surface area contributed by atoms with Crippen molar-refractivity contribution in [2.45, 2.75) is 63.5 Å². The molecule has 1 unspecified atom stereocenters. The van der Waals surface area contributed by atoms with Crippen LogP contribution in [0.1, 0.15) is 50.7 Å². The highest BCUT2D eigenvalue weighted by molar-refractivity contribution is 14.0. The summed E-state index contributed by atoms with van der Waals surface area (Å²) in [6.07, 6.45) is 11.6. The molecule has 2 fully saturated rings. The first-order valence-electron chi connectivity index (χ1n) is 9.09. The number of hydrogen-bond acceptors (Lipinski definition) is 3. The van der Waals surface area contributed by atoms with Gasteiger partial charge >= 0.3 is 0 Å². The van der Waals surface area contributed by atoms with Crippen LogP contribution in [-0.2, 0) is 11.2 Å². The predicted octanol–water partition coefficient (Wildman–Crippen LogP) is 3.49. The minimum absolute atomic E-state index is 0. The van der Waals surface area contributed by atoms with Gasteiger partial charge in [-0.1, -0.05) is 12.8 Å². The zero-order chi connectivity index (χ0) is 15.7. The smallest absolute Gasteiger partial charge is 0.191 e. The molecule has 1 saturated carbocycles. The molecule has 0 spiro atoms. The molecule has 1 aromatic rings. The van der Waals surface area contributed by atoms with Crippen LogP contribution in [0, 0.1) is 0 Å². The number of guanidine groups is 1. The molecule has 0 radical (unpaired) electrons. The maximum atomic E-state index is 5.78. The molecule has 0 amide bonds. The van der Waals surface area contributed by atoms with Gasteiger partial charge in [0.25, 0.3) is 0 Å². The quantitative estimate of drug-likeness (QED) is 0.398. The zero-order valence-electron chi connectivity index (χ0n) is 14.3. The van der Waals surface area contributed by atoms with Crippen LogP contribution in [0.25, 0.3) is 0 Å². The van der Waals surface area contributed by atoms with Crippen molar-refractivity contribution in [3.63, 3.8) is 0 Å². The standard InChI is InChI=1S/C18H29N3O2.HI/c1-2-7-15(6-1)21-18(19-11-10-16-9-5-13-22-16)20-14-17-8-3-4-12-23-17;/h5,9,13,15,17H,1-4,6-8,10-12,14H2,(H2,19,20,21);1H. The largest absolute Gasteiger partial charge is 0.469 e. The summed E-state index contributed by atoms with van der Waals surface area (Å²) in [4.78, 5) is 4.77. The van der Waals surface area contributed by atoms with Gasteiger partial charge in [-0.2, -0.15) is 0 Å². The summed E-state index contributed by atoms with van der Waals surface area (Å²) in [5.74, 6) is 1.94. The molecule has 2 heterocycles. The lowest BCUT2D eigenvalue weighted by Crippen LogP contribution is -2.43. The number of rotatable bonds is 6. The zero-order valence-corrected chi connectivity index (χ0v) is 16.7. The second kappa shape index (κ2) is 11.0. The average molecular weight is 447 g/mol. The fourth-order valence-corrected chi connectivity index (χ4v) is 3.32. The molecule has 1 atom stereocenters. The van der Waals surface area contributed by atoms with E-state index in [1.165, 1.54) is 38.5 Å². The van der Waals surface area contributed by atoms with Crippen molar-refractivity contribution in [1.82, 2.24) is 10.6 Å². The summed E-state index contributed by atoms with van der Waals surface area (Å²) < 4.78 is 11.2. The highest BCUT2D eigenvalue weighted by atomic mass is 127. The van der Waals surface area contributed by atoms with Gasteiger partial charge in [0.1, 0.15) is 5.76 Å². The second-order valence-corrected chi connectivity index (χ2v) is 6.56. The van der Waals surface area contributed by atoms with E-state index in [-0.39, 0.29) is 30.1 Å².